The molecule has 0 unspecified atom stereocenters. The average Bonchev–Trinajstić information content (AvgIpc) is 2.74. The SMILES string of the molecule is Cc1cc(N2CCN(C)CC2)nc(N2CCN(C(=O)c3ccccn3)CC2)n1. The van der Waals surface area contributed by atoms with Crippen LogP contribution in [0.5, 0.6) is 0 Å². The number of likely N-dealkylation sites (N-methyl/N-ethyl adjacent to an activating group) is 1. The first-order valence-electron chi connectivity index (χ1n) is 9.84. The van der Waals surface area contributed by atoms with Gasteiger partial charge in [-0.25, -0.2) is 4.98 Å². The Morgan fingerprint density at radius 2 is 1.64 bits per heavy atom. The molecule has 0 bridgehead atoms. The minimum absolute atomic E-state index is 0.0106. The Balaban J connectivity index is 1.42. The molecule has 2 saturated heterocycles. The lowest BCUT2D eigenvalue weighted by Crippen LogP contribution is -2.49. The Bertz CT molecular complexity index is 813. The van der Waals surface area contributed by atoms with Gasteiger partial charge in [0.05, 0.1) is 0 Å². The second kappa shape index (κ2) is 8.10. The number of aromatic nitrogens is 3. The fourth-order valence-electron chi connectivity index (χ4n) is 3.64. The molecular formula is C20H27N7O. The summed E-state index contributed by atoms with van der Waals surface area (Å²) in [5, 5.41) is 0. The topological polar surface area (TPSA) is 68.7 Å². The summed E-state index contributed by atoms with van der Waals surface area (Å²) in [5.41, 5.74) is 1.48. The first-order chi connectivity index (χ1) is 13.6. The van der Waals surface area contributed by atoms with Crippen molar-refractivity contribution in [3.8, 4) is 0 Å². The predicted octanol–water partition coefficient (Wildman–Crippen LogP) is 0.894. The van der Waals surface area contributed by atoms with Crippen LogP contribution in [0.15, 0.2) is 30.5 Å². The number of nitrogens with zero attached hydrogens (tertiary/aromatic N) is 7. The molecule has 2 fully saturated rings. The van der Waals surface area contributed by atoms with Crippen molar-refractivity contribution < 1.29 is 4.79 Å². The lowest BCUT2D eigenvalue weighted by Gasteiger charge is -2.36. The van der Waals surface area contributed by atoms with Crippen molar-refractivity contribution in [1.29, 1.82) is 0 Å². The van der Waals surface area contributed by atoms with Crippen molar-refractivity contribution >= 4 is 17.7 Å². The number of carbonyl (C=O) groups is 1. The summed E-state index contributed by atoms with van der Waals surface area (Å²) in [7, 11) is 2.15. The van der Waals surface area contributed by atoms with Crippen LogP contribution in [0.1, 0.15) is 16.2 Å². The molecule has 0 atom stereocenters. The van der Waals surface area contributed by atoms with E-state index in [-0.39, 0.29) is 5.91 Å². The summed E-state index contributed by atoms with van der Waals surface area (Å²) in [6.45, 7) is 8.84. The van der Waals surface area contributed by atoms with Crippen molar-refractivity contribution in [1.82, 2.24) is 24.8 Å². The van der Waals surface area contributed by atoms with E-state index >= 15 is 0 Å². The molecule has 0 aliphatic carbocycles. The summed E-state index contributed by atoms with van der Waals surface area (Å²) in [6, 6.07) is 7.50. The van der Waals surface area contributed by atoms with E-state index in [1.54, 1.807) is 12.3 Å². The maximum absolute atomic E-state index is 12.6. The summed E-state index contributed by atoms with van der Waals surface area (Å²) in [5.74, 6) is 1.75. The fraction of sp³-hybridized carbons (Fsp3) is 0.500. The summed E-state index contributed by atoms with van der Waals surface area (Å²) in [4.78, 5) is 35.0. The lowest BCUT2D eigenvalue weighted by atomic mass is 10.2. The molecule has 4 rings (SSSR count). The number of hydrogen-bond donors (Lipinski definition) is 0. The number of amides is 1. The predicted molar refractivity (Wildman–Crippen MR) is 109 cm³/mol. The van der Waals surface area contributed by atoms with Crippen LogP contribution in [0, 0.1) is 6.92 Å². The van der Waals surface area contributed by atoms with Crippen LogP contribution in [0.4, 0.5) is 11.8 Å². The van der Waals surface area contributed by atoms with Crippen molar-refractivity contribution in [2.75, 3.05) is 69.2 Å². The molecular weight excluding hydrogens is 354 g/mol. The van der Waals surface area contributed by atoms with E-state index in [0.29, 0.717) is 18.8 Å². The van der Waals surface area contributed by atoms with Gasteiger partial charge in [0.1, 0.15) is 11.5 Å². The summed E-state index contributed by atoms with van der Waals surface area (Å²) < 4.78 is 0. The van der Waals surface area contributed by atoms with Crippen LogP contribution < -0.4 is 9.80 Å². The molecule has 4 heterocycles. The minimum Gasteiger partial charge on any atom is -0.354 e. The first kappa shape index (κ1) is 18.6. The van der Waals surface area contributed by atoms with E-state index < -0.39 is 0 Å². The van der Waals surface area contributed by atoms with Crippen LogP contribution in [0.3, 0.4) is 0 Å². The number of anilines is 2. The second-order valence-corrected chi connectivity index (χ2v) is 7.45. The number of carbonyl (C=O) groups excluding carboxylic acids is 1. The zero-order valence-electron chi connectivity index (χ0n) is 16.6. The fourth-order valence-corrected chi connectivity index (χ4v) is 3.64. The van der Waals surface area contributed by atoms with Gasteiger partial charge in [-0.15, -0.1) is 0 Å². The maximum atomic E-state index is 12.6. The van der Waals surface area contributed by atoms with Gasteiger partial charge in [0.25, 0.3) is 5.91 Å². The quantitative estimate of drug-likeness (QED) is 0.782. The molecule has 0 N–H and O–H groups in total. The van der Waals surface area contributed by atoms with Crippen LogP contribution in [0.2, 0.25) is 0 Å². The largest absolute Gasteiger partial charge is 0.354 e. The highest BCUT2D eigenvalue weighted by atomic mass is 16.2. The van der Waals surface area contributed by atoms with Crippen LogP contribution in [-0.4, -0.2) is 90.1 Å². The zero-order valence-corrected chi connectivity index (χ0v) is 16.6. The van der Waals surface area contributed by atoms with E-state index in [0.717, 1.165) is 56.7 Å². The van der Waals surface area contributed by atoms with Gasteiger partial charge in [-0.1, -0.05) is 6.07 Å². The van der Waals surface area contributed by atoms with E-state index in [2.05, 4.69) is 37.8 Å². The highest BCUT2D eigenvalue weighted by molar-refractivity contribution is 5.92. The van der Waals surface area contributed by atoms with Gasteiger partial charge < -0.3 is 19.6 Å². The van der Waals surface area contributed by atoms with E-state index in [1.807, 2.05) is 24.0 Å². The number of piperazine rings is 2. The van der Waals surface area contributed by atoms with Crippen LogP contribution >= 0.6 is 0 Å². The normalized spacial score (nSPS) is 18.4. The summed E-state index contributed by atoms with van der Waals surface area (Å²) >= 11 is 0. The molecule has 2 aromatic heterocycles. The van der Waals surface area contributed by atoms with Crippen molar-refractivity contribution in [3.63, 3.8) is 0 Å². The van der Waals surface area contributed by atoms with Crippen LogP contribution in [-0.2, 0) is 0 Å². The van der Waals surface area contributed by atoms with Gasteiger partial charge in [-0.3, -0.25) is 9.78 Å². The molecule has 28 heavy (non-hydrogen) atoms. The summed E-state index contributed by atoms with van der Waals surface area (Å²) in [6.07, 6.45) is 1.66. The van der Waals surface area contributed by atoms with E-state index in [1.165, 1.54) is 0 Å². The second-order valence-electron chi connectivity index (χ2n) is 7.45. The van der Waals surface area contributed by atoms with Gasteiger partial charge in [-0.05, 0) is 26.1 Å². The lowest BCUT2D eigenvalue weighted by molar-refractivity contribution is 0.0740. The van der Waals surface area contributed by atoms with E-state index in [4.69, 9.17) is 4.98 Å². The van der Waals surface area contributed by atoms with Gasteiger partial charge in [0.15, 0.2) is 0 Å². The van der Waals surface area contributed by atoms with Crippen molar-refractivity contribution in [2.24, 2.45) is 0 Å². The highest BCUT2D eigenvalue weighted by Crippen LogP contribution is 2.20. The Labute approximate surface area is 165 Å². The molecule has 2 aliphatic heterocycles. The first-order valence-corrected chi connectivity index (χ1v) is 9.84. The van der Waals surface area contributed by atoms with Crippen molar-refractivity contribution in [3.05, 3.63) is 41.9 Å². The van der Waals surface area contributed by atoms with Gasteiger partial charge in [-0.2, -0.15) is 4.98 Å². The Morgan fingerprint density at radius 1 is 0.929 bits per heavy atom. The molecule has 0 saturated carbocycles. The molecule has 0 spiro atoms. The molecule has 2 aromatic rings. The van der Waals surface area contributed by atoms with Crippen LogP contribution in [0.25, 0.3) is 0 Å². The monoisotopic (exact) mass is 381 g/mol. The average molecular weight is 381 g/mol. The third-order valence-corrected chi connectivity index (χ3v) is 5.39. The van der Waals surface area contributed by atoms with Gasteiger partial charge in [0.2, 0.25) is 5.95 Å². The molecule has 8 heteroatoms. The third kappa shape index (κ3) is 4.06. The number of hydrogen-bond acceptors (Lipinski definition) is 7. The van der Waals surface area contributed by atoms with Gasteiger partial charge >= 0.3 is 0 Å². The van der Waals surface area contributed by atoms with Crippen molar-refractivity contribution in [2.45, 2.75) is 6.92 Å². The highest BCUT2D eigenvalue weighted by Gasteiger charge is 2.25. The van der Waals surface area contributed by atoms with Gasteiger partial charge in [0, 0.05) is 70.3 Å². The minimum atomic E-state index is -0.0106. The number of pyridine rings is 1. The Morgan fingerprint density at radius 3 is 2.32 bits per heavy atom. The molecule has 148 valence electrons. The third-order valence-electron chi connectivity index (χ3n) is 5.39. The Hall–Kier alpha value is -2.74. The smallest absolute Gasteiger partial charge is 0.272 e. The molecule has 0 radical (unpaired) electrons. The molecule has 1 amide bonds. The molecule has 0 aromatic carbocycles. The molecule has 8 nitrogen and oxygen atoms in total. The molecule has 2 aliphatic rings. The Kier molecular flexibility index (Phi) is 5.38. The number of aryl methyl sites for hydroxylation is 1. The number of rotatable bonds is 3. The maximum Gasteiger partial charge on any atom is 0.272 e. The zero-order chi connectivity index (χ0) is 19.5. The standard InChI is InChI=1S/C20H27N7O/c1-16-15-18(25-9-7-24(2)8-10-25)23-20(22-16)27-13-11-26(12-14-27)19(28)17-5-3-4-6-21-17/h3-6,15H,7-14H2,1-2H3. The van der Waals surface area contributed by atoms with E-state index in [9.17, 15) is 4.79 Å².